The monoisotopic (exact) mass is 350 g/mol. The molecule has 0 amide bonds. The molecule has 4 nitrogen and oxygen atoms in total. The first-order valence-corrected chi connectivity index (χ1v) is 7.23. The molecule has 0 unspecified atom stereocenters. The fourth-order valence-electron chi connectivity index (χ4n) is 2.09. The van der Waals surface area contributed by atoms with Crippen molar-refractivity contribution in [2.24, 2.45) is 10.8 Å². The number of para-hydroxylation sites is 1. The Hall–Kier alpha value is -1.66. The zero-order valence-electron chi connectivity index (χ0n) is 11.2. The van der Waals surface area contributed by atoms with Crippen LogP contribution in [0.5, 0.6) is 0 Å². The van der Waals surface area contributed by atoms with Gasteiger partial charge in [0.2, 0.25) is 0 Å². The summed E-state index contributed by atoms with van der Waals surface area (Å²) >= 11 is 8.29. The fourth-order valence-corrected chi connectivity index (χ4v) is 2.60. The summed E-state index contributed by atoms with van der Waals surface area (Å²) in [6.07, 6.45) is 1.72. The van der Waals surface area contributed by atoms with Crippen molar-refractivity contribution in [2.45, 2.75) is 13.8 Å². The second kappa shape index (κ2) is 6.19. The van der Waals surface area contributed by atoms with Gasteiger partial charge in [-0.2, -0.15) is 5.10 Å². The Kier molecular flexibility index (Phi) is 4.57. The molecule has 20 heavy (non-hydrogen) atoms. The van der Waals surface area contributed by atoms with E-state index in [4.69, 9.17) is 18.0 Å². The molecule has 2 aromatic rings. The lowest BCUT2D eigenvalue weighted by Crippen LogP contribution is -2.24. The Morgan fingerprint density at radius 2 is 2.10 bits per heavy atom. The molecule has 3 N–H and O–H groups in total. The average molecular weight is 351 g/mol. The Labute approximate surface area is 131 Å². The Morgan fingerprint density at radius 3 is 2.75 bits per heavy atom. The lowest BCUT2D eigenvalue weighted by Gasteiger charge is -2.11. The number of thiocarbonyl (C=S) groups is 1. The summed E-state index contributed by atoms with van der Waals surface area (Å²) in [5.74, 6) is 0. The molecule has 1 aromatic heterocycles. The summed E-state index contributed by atoms with van der Waals surface area (Å²) in [5.41, 5.74) is 12.2. The summed E-state index contributed by atoms with van der Waals surface area (Å²) in [5, 5.41) is 4.16. The lowest BCUT2D eigenvalue weighted by atomic mass is 10.2. The highest BCUT2D eigenvalue weighted by molar-refractivity contribution is 9.10. The van der Waals surface area contributed by atoms with Crippen molar-refractivity contribution in [3.8, 4) is 5.69 Å². The number of halogens is 1. The van der Waals surface area contributed by atoms with Crippen LogP contribution in [0, 0.1) is 13.8 Å². The molecule has 6 heteroatoms. The first kappa shape index (κ1) is 14.7. The van der Waals surface area contributed by atoms with Crippen molar-refractivity contribution in [2.75, 3.05) is 0 Å². The van der Waals surface area contributed by atoms with Crippen molar-refractivity contribution in [1.82, 2.24) is 9.99 Å². The minimum absolute atomic E-state index is 0.154. The van der Waals surface area contributed by atoms with Gasteiger partial charge in [0, 0.05) is 21.4 Å². The maximum Gasteiger partial charge on any atom is 0.184 e. The van der Waals surface area contributed by atoms with Crippen LogP contribution in [0.4, 0.5) is 0 Å². The van der Waals surface area contributed by atoms with Crippen LogP contribution in [0.2, 0.25) is 0 Å². The third kappa shape index (κ3) is 3.08. The first-order valence-electron chi connectivity index (χ1n) is 6.03. The number of aromatic nitrogens is 1. The number of nitrogens with two attached hydrogens (primary N) is 1. The number of aryl methyl sites for hydroxylation is 1. The first-order chi connectivity index (χ1) is 9.50. The van der Waals surface area contributed by atoms with E-state index in [1.54, 1.807) is 6.21 Å². The normalized spacial score (nSPS) is 10.9. The van der Waals surface area contributed by atoms with Crippen LogP contribution >= 0.6 is 28.1 Å². The zero-order valence-corrected chi connectivity index (χ0v) is 13.6. The highest BCUT2D eigenvalue weighted by atomic mass is 79.9. The van der Waals surface area contributed by atoms with Gasteiger partial charge in [-0.1, -0.05) is 12.1 Å². The molecule has 0 spiro atoms. The van der Waals surface area contributed by atoms with Crippen LogP contribution in [0.15, 0.2) is 39.9 Å². The molecule has 1 heterocycles. The molecule has 0 radical (unpaired) electrons. The molecule has 0 aliphatic heterocycles. The van der Waals surface area contributed by atoms with E-state index in [-0.39, 0.29) is 5.11 Å². The third-order valence-electron chi connectivity index (χ3n) is 2.94. The van der Waals surface area contributed by atoms with Gasteiger partial charge in [0.25, 0.3) is 0 Å². The third-order valence-corrected chi connectivity index (χ3v) is 3.70. The number of hydrazone groups is 1. The van der Waals surface area contributed by atoms with Gasteiger partial charge in [-0.05, 0) is 60.2 Å². The largest absolute Gasteiger partial charge is 0.375 e. The van der Waals surface area contributed by atoms with Crippen LogP contribution in [0.1, 0.15) is 17.0 Å². The quantitative estimate of drug-likeness (QED) is 0.508. The van der Waals surface area contributed by atoms with E-state index in [1.807, 2.05) is 18.2 Å². The van der Waals surface area contributed by atoms with Crippen molar-refractivity contribution >= 4 is 39.5 Å². The molecule has 2 rings (SSSR count). The van der Waals surface area contributed by atoms with Gasteiger partial charge in [0.1, 0.15) is 0 Å². The standard InChI is InChI=1S/C14H15BrN4S/c1-9-7-11(8-17-18-14(16)20)10(2)19(9)13-6-4-3-5-12(13)15/h3-8H,1-2H3,(H3,16,18,20)/b17-8-. The van der Waals surface area contributed by atoms with Gasteiger partial charge < -0.3 is 10.3 Å². The predicted octanol–water partition coefficient (Wildman–Crippen LogP) is 3.02. The molecule has 1 aromatic carbocycles. The average Bonchev–Trinajstić information content (AvgIpc) is 2.65. The maximum absolute atomic E-state index is 5.34. The van der Waals surface area contributed by atoms with Gasteiger partial charge >= 0.3 is 0 Å². The van der Waals surface area contributed by atoms with Gasteiger partial charge in [0.05, 0.1) is 11.9 Å². The second-order valence-corrected chi connectivity index (χ2v) is 5.64. The van der Waals surface area contributed by atoms with Gasteiger partial charge in [-0.25, -0.2) is 0 Å². The van der Waals surface area contributed by atoms with E-state index in [1.165, 1.54) is 0 Å². The highest BCUT2D eigenvalue weighted by Crippen LogP contribution is 2.25. The molecule has 0 saturated heterocycles. The minimum Gasteiger partial charge on any atom is -0.375 e. The molecule has 0 saturated carbocycles. The van der Waals surface area contributed by atoms with Crippen molar-refractivity contribution in [3.05, 3.63) is 51.8 Å². The van der Waals surface area contributed by atoms with Crippen LogP contribution in [0.25, 0.3) is 5.69 Å². The van der Waals surface area contributed by atoms with Gasteiger partial charge in [-0.15, -0.1) is 0 Å². The van der Waals surface area contributed by atoms with Crippen molar-refractivity contribution in [1.29, 1.82) is 0 Å². The van der Waals surface area contributed by atoms with Crippen molar-refractivity contribution in [3.63, 3.8) is 0 Å². The Morgan fingerprint density at radius 1 is 1.40 bits per heavy atom. The molecule has 104 valence electrons. The highest BCUT2D eigenvalue weighted by Gasteiger charge is 2.11. The van der Waals surface area contributed by atoms with E-state index in [9.17, 15) is 0 Å². The molecule has 0 aliphatic carbocycles. The number of nitrogens with zero attached hydrogens (tertiary/aromatic N) is 2. The van der Waals surface area contributed by atoms with Crippen molar-refractivity contribution < 1.29 is 0 Å². The molecule has 0 atom stereocenters. The number of nitrogens with one attached hydrogen (secondary N) is 1. The van der Waals surface area contributed by atoms with E-state index in [0.717, 1.165) is 27.1 Å². The number of hydrogen-bond donors (Lipinski definition) is 2. The van der Waals surface area contributed by atoms with Crippen LogP contribution in [-0.2, 0) is 0 Å². The molecular weight excluding hydrogens is 336 g/mol. The molecular formula is C14H15BrN4S. The summed E-state index contributed by atoms with van der Waals surface area (Å²) in [4.78, 5) is 0. The molecule has 0 fully saturated rings. The van der Waals surface area contributed by atoms with Crippen LogP contribution in [0.3, 0.4) is 0 Å². The number of rotatable bonds is 3. The van der Waals surface area contributed by atoms with Crippen LogP contribution < -0.4 is 11.2 Å². The summed E-state index contributed by atoms with van der Waals surface area (Å²) in [6.45, 7) is 4.11. The van der Waals surface area contributed by atoms with E-state index in [2.05, 4.69) is 57.0 Å². The Balaban J connectivity index is 2.42. The summed E-state index contributed by atoms with van der Waals surface area (Å²) in [6, 6.07) is 10.2. The topological polar surface area (TPSA) is 55.3 Å². The van der Waals surface area contributed by atoms with Gasteiger partial charge in [0.15, 0.2) is 5.11 Å². The van der Waals surface area contributed by atoms with Crippen LogP contribution in [-0.4, -0.2) is 15.9 Å². The second-order valence-electron chi connectivity index (χ2n) is 4.35. The van der Waals surface area contributed by atoms with Gasteiger partial charge in [-0.3, -0.25) is 5.43 Å². The SMILES string of the molecule is Cc1cc(/C=N\NC(N)=S)c(C)n1-c1ccccc1Br. The summed E-state index contributed by atoms with van der Waals surface area (Å²) < 4.78 is 3.22. The minimum atomic E-state index is 0.154. The lowest BCUT2D eigenvalue weighted by molar-refractivity contribution is 0.958. The molecule has 0 bridgehead atoms. The number of benzene rings is 1. The summed E-state index contributed by atoms with van der Waals surface area (Å²) in [7, 11) is 0. The number of hydrogen-bond acceptors (Lipinski definition) is 2. The fraction of sp³-hybridized carbons (Fsp3) is 0.143. The van der Waals surface area contributed by atoms with E-state index in [0.29, 0.717) is 0 Å². The smallest absolute Gasteiger partial charge is 0.184 e. The van der Waals surface area contributed by atoms with E-state index >= 15 is 0 Å². The Bertz CT molecular complexity index is 676. The van der Waals surface area contributed by atoms with E-state index < -0.39 is 0 Å². The molecule has 0 aliphatic rings. The zero-order chi connectivity index (χ0) is 14.7. The maximum atomic E-state index is 5.34. The predicted molar refractivity (Wildman–Crippen MR) is 90.5 cm³/mol.